The molecule has 0 aliphatic rings. The van der Waals surface area contributed by atoms with Crippen molar-refractivity contribution in [2.75, 3.05) is 0 Å². The Hall–Kier alpha value is -1.31. The molecule has 4 nitrogen and oxygen atoms in total. The molecule has 0 fully saturated rings. The normalized spacial score (nSPS) is 13.8. The van der Waals surface area contributed by atoms with Crippen LogP contribution in [0.4, 0.5) is 0 Å². The third kappa shape index (κ3) is 13.1. The average molecular weight is 282 g/mol. The summed E-state index contributed by atoms with van der Waals surface area (Å²) in [6, 6.07) is 0. The summed E-state index contributed by atoms with van der Waals surface area (Å²) < 4.78 is 0. The molecule has 0 heterocycles. The van der Waals surface area contributed by atoms with E-state index in [1.165, 1.54) is 0 Å². The fourth-order valence-corrected chi connectivity index (χ4v) is 1.64. The number of carbonyl (C=O) groups is 1. The second-order valence-corrected chi connectivity index (χ2v) is 4.81. The molecule has 0 aromatic rings. The first-order valence-corrected chi connectivity index (χ1v) is 7.32. The van der Waals surface area contributed by atoms with Crippen molar-refractivity contribution in [3.05, 3.63) is 12.2 Å². The Morgan fingerprint density at radius 2 is 1.90 bits per heavy atom. The topological polar surface area (TPSA) is 77.8 Å². The van der Waals surface area contributed by atoms with E-state index in [2.05, 4.69) is 11.8 Å². The highest BCUT2D eigenvalue weighted by Crippen LogP contribution is 2.04. The Balaban J connectivity index is 3.69. The number of rotatable bonds is 10. The zero-order chi connectivity index (χ0) is 15.2. The first kappa shape index (κ1) is 18.7. The standard InChI is InChI=1S/C16H26O4/c1-2-3-9-14(17)12-13-15(18)10-7-5-4-6-8-11-16(19)20/h7,10,14-15,17-18H,2-6,8-9,11H2,1H3,(H,19,20)/b10-7-/t14-,15+/m1/s1. The van der Waals surface area contributed by atoms with Crippen molar-refractivity contribution in [2.24, 2.45) is 0 Å². The van der Waals surface area contributed by atoms with Gasteiger partial charge in [-0.2, -0.15) is 0 Å². The Kier molecular flexibility index (Phi) is 11.9. The summed E-state index contributed by atoms with van der Waals surface area (Å²) in [5, 5.41) is 27.5. The Morgan fingerprint density at radius 1 is 1.15 bits per heavy atom. The van der Waals surface area contributed by atoms with Crippen molar-refractivity contribution >= 4 is 5.97 Å². The second kappa shape index (κ2) is 12.7. The van der Waals surface area contributed by atoms with E-state index in [4.69, 9.17) is 5.11 Å². The minimum atomic E-state index is -0.842. The van der Waals surface area contributed by atoms with Gasteiger partial charge in [-0.3, -0.25) is 4.79 Å². The molecule has 0 unspecified atom stereocenters. The van der Waals surface area contributed by atoms with Crippen molar-refractivity contribution < 1.29 is 20.1 Å². The summed E-state index contributed by atoms with van der Waals surface area (Å²) in [5.41, 5.74) is 0. The van der Waals surface area contributed by atoms with Gasteiger partial charge >= 0.3 is 5.97 Å². The number of aliphatic hydroxyl groups excluding tert-OH is 2. The molecule has 114 valence electrons. The monoisotopic (exact) mass is 282 g/mol. The van der Waals surface area contributed by atoms with E-state index in [9.17, 15) is 15.0 Å². The molecule has 0 bridgehead atoms. The van der Waals surface area contributed by atoms with Gasteiger partial charge in [0.1, 0.15) is 12.2 Å². The molecule has 0 saturated heterocycles. The molecule has 0 saturated carbocycles. The van der Waals surface area contributed by atoms with Crippen LogP contribution < -0.4 is 0 Å². The summed E-state index contributed by atoms with van der Waals surface area (Å²) in [7, 11) is 0. The lowest BCUT2D eigenvalue weighted by Gasteiger charge is -2.01. The molecule has 4 heteroatoms. The minimum Gasteiger partial charge on any atom is -0.481 e. The number of carboxylic acid groups (broad SMARTS) is 1. The predicted molar refractivity (Wildman–Crippen MR) is 79.2 cm³/mol. The Labute approximate surface area is 121 Å². The fraction of sp³-hybridized carbons (Fsp3) is 0.688. The van der Waals surface area contributed by atoms with Gasteiger partial charge in [0.15, 0.2) is 0 Å². The van der Waals surface area contributed by atoms with Gasteiger partial charge in [-0.1, -0.05) is 44.1 Å². The largest absolute Gasteiger partial charge is 0.481 e. The van der Waals surface area contributed by atoms with E-state index in [-0.39, 0.29) is 6.42 Å². The van der Waals surface area contributed by atoms with Crippen LogP contribution in [0.2, 0.25) is 0 Å². The van der Waals surface area contributed by atoms with E-state index in [0.29, 0.717) is 12.8 Å². The molecule has 0 radical (unpaired) electrons. The molecule has 0 rings (SSSR count). The van der Waals surface area contributed by atoms with Gasteiger partial charge in [-0.15, -0.1) is 0 Å². The van der Waals surface area contributed by atoms with Gasteiger partial charge in [0.2, 0.25) is 0 Å². The summed E-state index contributed by atoms with van der Waals surface area (Å²) in [6.07, 6.45) is 8.02. The zero-order valence-electron chi connectivity index (χ0n) is 12.2. The number of hydrogen-bond donors (Lipinski definition) is 3. The third-order valence-corrected chi connectivity index (χ3v) is 2.81. The maximum atomic E-state index is 10.3. The van der Waals surface area contributed by atoms with Crippen molar-refractivity contribution in [3.63, 3.8) is 0 Å². The van der Waals surface area contributed by atoms with E-state index in [1.807, 2.05) is 13.0 Å². The van der Waals surface area contributed by atoms with Crippen molar-refractivity contribution in [1.29, 1.82) is 0 Å². The number of unbranched alkanes of at least 4 members (excludes halogenated alkanes) is 4. The highest BCUT2D eigenvalue weighted by atomic mass is 16.4. The molecule has 0 aromatic heterocycles. The molecular weight excluding hydrogens is 256 g/mol. The van der Waals surface area contributed by atoms with Crippen LogP contribution in [-0.2, 0) is 4.79 Å². The van der Waals surface area contributed by atoms with E-state index < -0.39 is 18.2 Å². The first-order valence-electron chi connectivity index (χ1n) is 7.32. The van der Waals surface area contributed by atoms with Crippen molar-refractivity contribution in [3.8, 4) is 11.8 Å². The number of aliphatic carboxylic acids is 1. The highest BCUT2D eigenvalue weighted by Gasteiger charge is 1.98. The Bertz CT molecular complexity index is 338. The van der Waals surface area contributed by atoms with Crippen LogP contribution in [0.1, 0.15) is 58.3 Å². The number of carboxylic acids is 1. The lowest BCUT2D eigenvalue weighted by Crippen LogP contribution is -2.05. The van der Waals surface area contributed by atoms with Gasteiger partial charge in [0, 0.05) is 6.42 Å². The average Bonchev–Trinajstić information content (AvgIpc) is 2.41. The first-order chi connectivity index (χ1) is 9.56. The Morgan fingerprint density at radius 3 is 2.55 bits per heavy atom. The van der Waals surface area contributed by atoms with Crippen LogP contribution in [0.15, 0.2) is 12.2 Å². The summed E-state index contributed by atoms with van der Waals surface area (Å²) in [5.74, 6) is 4.47. The van der Waals surface area contributed by atoms with Crippen LogP contribution in [0, 0.1) is 11.8 Å². The van der Waals surface area contributed by atoms with E-state index in [0.717, 1.165) is 32.1 Å². The fourth-order valence-electron chi connectivity index (χ4n) is 1.64. The van der Waals surface area contributed by atoms with Crippen molar-refractivity contribution in [1.82, 2.24) is 0 Å². The van der Waals surface area contributed by atoms with Crippen LogP contribution in [0.3, 0.4) is 0 Å². The van der Waals surface area contributed by atoms with Gasteiger partial charge in [-0.25, -0.2) is 0 Å². The SMILES string of the molecule is CCCC[C@@H](O)C#C[C@@H](O)/C=C\CCCCCC(=O)O. The molecule has 0 aliphatic heterocycles. The quantitative estimate of drug-likeness (QED) is 0.327. The maximum absolute atomic E-state index is 10.3. The van der Waals surface area contributed by atoms with Crippen LogP contribution in [-0.4, -0.2) is 33.5 Å². The molecule has 0 amide bonds. The number of aliphatic hydroxyl groups is 2. The molecule has 20 heavy (non-hydrogen) atoms. The van der Waals surface area contributed by atoms with E-state index in [1.54, 1.807) is 6.08 Å². The lowest BCUT2D eigenvalue weighted by molar-refractivity contribution is -0.137. The third-order valence-electron chi connectivity index (χ3n) is 2.81. The molecule has 0 aliphatic carbocycles. The predicted octanol–water partition coefficient (Wildman–Crippen LogP) is 2.49. The van der Waals surface area contributed by atoms with Crippen LogP contribution in [0.25, 0.3) is 0 Å². The second-order valence-electron chi connectivity index (χ2n) is 4.81. The molecule has 0 spiro atoms. The highest BCUT2D eigenvalue weighted by molar-refractivity contribution is 5.66. The van der Waals surface area contributed by atoms with Crippen LogP contribution >= 0.6 is 0 Å². The van der Waals surface area contributed by atoms with Crippen molar-refractivity contribution in [2.45, 2.75) is 70.5 Å². The molecule has 3 N–H and O–H groups in total. The van der Waals surface area contributed by atoms with Crippen LogP contribution in [0.5, 0.6) is 0 Å². The molecule has 0 aromatic carbocycles. The van der Waals surface area contributed by atoms with Gasteiger partial charge in [-0.05, 0) is 31.8 Å². The minimum absolute atomic E-state index is 0.216. The summed E-state index contributed by atoms with van der Waals surface area (Å²) in [4.78, 5) is 10.3. The van der Waals surface area contributed by atoms with Gasteiger partial charge < -0.3 is 15.3 Å². The van der Waals surface area contributed by atoms with Gasteiger partial charge in [0.25, 0.3) is 0 Å². The lowest BCUT2D eigenvalue weighted by atomic mass is 10.1. The zero-order valence-corrected chi connectivity index (χ0v) is 12.2. The van der Waals surface area contributed by atoms with E-state index >= 15 is 0 Å². The maximum Gasteiger partial charge on any atom is 0.303 e. The number of hydrogen-bond acceptors (Lipinski definition) is 3. The van der Waals surface area contributed by atoms with Gasteiger partial charge in [0.05, 0.1) is 0 Å². The molecule has 2 atom stereocenters. The number of allylic oxidation sites excluding steroid dienone is 1. The summed E-state index contributed by atoms with van der Waals surface area (Å²) >= 11 is 0. The molecular formula is C16H26O4. The summed E-state index contributed by atoms with van der Waals surface area (Å²) in [6.45, 7) is 2.05. The smallest absolute Gasteiger partial charge is 0.303 e.